The predicted octanol–water partition coefficient (Wildman–Crippen LogP) is 2.28. The van der Waals surface area contributed by atoms with Crippen LogP contribution in [-0.4, -0.2) is 58.2 Å². The Hall–Kier alpha value is -0.710. The topological polar surface area (TPSA) is 23.6 Å². The van der Waals surface area contributed by atoms with Gasteiger partial charge < -0.3 is 0 Å². The van der Waals surface area contributed by atoms with E-state index >= 15 is 0 Å². The first kappa shape index (κ1) is 15.2. The quantitative estimate of drug-likeness (QED) is 0.852. The molecule has 0 aromatic heterocycles. The maximum atomic E-state index is 11.5. The Morgan fingerprint density at radius 2 is 2.00 bits per heavy atom. The summed E-state index contributed by atoms with van der Waals surface area (Å²) in [5.41, 5.74) is 1.41. The molecule has 0 aliphatic carbocycles. The summed E-state index contributed by atoms with van der Waals surface area (Å²) in [6.45, 7) is 4.47. The first-order valence-corrected chi connectivity index (χ1v) is 9.80. The van der Waals surface area contributed by atoms with E-state index in [4.69, 9.17) is 0 Å². The Labute approximate surface area is 130 Å². The lowest BCUT2D eigenvalue weighted by Crippen LogP contribution is -2.56. The summed E-state index contributed by atoms with van der Waals surface area (Å²) < 4.78 is 11.5. The van der Waals surface area contributed by atoms with Crippen molar-refractivity contribution in [3.05, 3.63) is 35.9 Å². The molecule has 0 radical (unpaired) electrons. The predicted molar refractivity (Wildman–Crippen MR) is 88.9 cm³/mol. The fraction of sp³-hybridized carbons (Fsp3) is 0.647. The zero-order chi connectivity index (χ0) is 14.7. The van der Waals surface area contributed by atoms with Crippen LogP contribution in [0.2, 0.25) is 0 Å². The Bertz CT molecular complexity index is 479. The molecule has 0 amide bonds. The number of hydrogen-bond acceptors (Lipinski definition) is 3. The Morgan fingerprint density at radius 1 is 1.19 bits per heavy atom. The van der Waals surface area contributed by atoms with Crippen LogP contribution >= 0.6 is 0 Å². The maximum Gasteiger partial charge on any atom is 0.0476 e. The molecule has 0 saturated carbocycles. The molecular formula is C17H26N2OS. The molecule has 2 fully saturated rings. The Kier molecular flexibility index (Phi) is 5.09. The Balaban J connectivity index is 1.77. The van der Waals surface area contributed by atoms with Gasteiger partial charge in [-0.15, -0.1) is 0 Å². The number of nitrogens with zero attached hydrogens (tertiary/aromatic N) is 2. The molecule has 3 nitrogen and oxygen atoms in total. The highest BCUT2D eigenvalue weighted by molar-refractivity contribution is 7.84. The summed E-state index contributed by atoms with van der Waals surface area (Å²) in [6.07, 6.45) is 5.85. The standard InChI is InChI=1S/C17H26N2OS/c1-21(20)12-11-19-13-16-9-5-6-10-18(16)14-17(19)15-7-3-2-4-8-15/h2-4,7-8,16-17H,5-6,9-14H2,1H3. The van der Waals surface area contributed by atoms with Gasteiger partial charge >= 0.3 is 0 Å². The molecule has 2 aliphatic heterocycles. The maximum absolute atomic E-state index is 11.5. The van der Waals surface area contributed by atoms with Crippen molar-refractivity contribution in [2.75, 3.05) is 38.2 Å². The van der Waals surface area contributed by atoms with Crippen molar-refractivity contribution in [2.24, 2.45) is 0 Å². The van der Waals surface area contributed by atoms with Crippen molar-refractivity contribution in [2.45, 2.75) is 31.3 Å². The SMILES string of the molecule is CS(=O)CCN1CC2CCCCN2CC1c1ccccc1. The fourth-order valence-electron chi connectivity index (χ4n) is 3.73. The van der Waals surface area contributed by atoms with Crippen LogP contribution in [0.4, 0.5) is 0 Å². The number of piperidine rings is 1. The number of fused-ring (bicyclic) bond motifs is 1. The first-order chi connectivity index (χ1) is 10.2. The van der Waals surface area contributed by atoms with Crippen molar-refractivity contribution in [1.82, 2.24) is 9.80 Å². The normalized spacial score (nSPS) is 29.0. The monoisotopic (exact) mass is 306 g/mol. The van der Waals surface area contributed by atoms with Gasteiger partial charge in [-0.25, -0.2) is 0 Å². The Morgan fingerprint density at radius 3 is 2.76 bits per heavy atom. The molecular weight excluding hydrogens is 280 g/mol. The summed E-state index contributed by atoms with van der Waals surface area (Å²) in [4.78, 5) is 5.25. The smallest absolute Gasteiger partial charge is 0.0476 e. The highest BCUT2D eigenvalue weighted by Crippen LogP contribution is 2.31. The second kappa shape index (κ2) is 7.03. The first-order valence-electron chi connectivity index (χ1n) is 8.07. The summed E-state index contributed by atoms with van der Waals surface area (Å²) in [5.74, 6) is 0.788. The molecule has 3 unspecified atom stereocenters. The molecule has 3 rings (SSSR count). The summed E-state index contributed by atoms with van der Waals surface area (Å²) in [7, 11) is -0.704. The highest BCUT2D eigenvalue weighted by Gasteiger charge is 2.35. The zero-order valence-corrected chi connectivity index (χ0v) is 13.7. The molecule has 4 heteroatoms. The zero-order valence-electron chi connectivity index (χ0n) is 12.9. The third-order valence-corrected chi connectivity index (χ3v) is 5.65. The van der Waals surface area contributed by atoms with Gasteiger partial charge in [0.1, 0.15) is 0 Å². The van der Waals surface area contributed by atoms with E-state index in [1.54, 1.807) is 0 Å². The molecule has 21 heavy (non-hydrogen) atoms. The molecule has 0 spiro atoms. The van der Waals surface area contributed by atoms with Gasteiger partial charge in [0.25, 0.3) is 0 Å². The third kappa shape index (κ3) is 3.74. The number of benzene rings is 1. The van der Waals surface area contributed by atoms with E-state index in [0.29, 0.717) is 12.1 Å². The van der Waals surface area contributed by atoms with Crippen LogP contribution in [0.3, 0.4) is 0 Å². The number of hydrogen-bond donors (Lipinski definition) is 0. The van der Waals surface area contributed by atoms with Crippen molar-refractivity contribution < 1.29 is 4.21 Å². The molecule has 2 heterocycles. The molecule has 3 atom stereocenters. The van der Waals surface area contributed by atoms with Gasteiger partial charge in [0.2, 0.25) is 0 Å². The molecule has 2 saturated heterocycles. The van der Waals surface area contributed by atoms with Crippen molar-refractivity contribution >= 4 is 10.8 Å². The average molecular weight is 306 g/mol. The van der Waals surface area contributed by atoms with E-state index in [9.17, 15) is 4.21 Å². The second-order valence-electron chi connectivity index (χ2n) is 6.34. The minimum atomic E-state index is -0.704. The minimum Gasteiger partial charge on any atom is -0.297 e. The summed E-state index contributed by atoms with van der Waals surface area (Å²) in [5, 5.41) is 0. The lowest BCUT2D eigenvalue weighted by atomic mass is 9.94. The lowest BCUT2D eigenvalue weighted by molar-refractivity contribution is 0.0113. The van der Waals surface area contributed by atoms with E-state index in [1.807, 2.05) is 6.26 Å². The van der Waals surface area contributed by atoms with E-state index in [1.165, 1.54) is 31.4 Å². The van der Waals surface area contributed by atoms with Crippen LogP contribution in [0.1, 0.15) is 30.9 Å². The van der Waals surface area contributed by atoms with Gasteiger partial charge in [0, 0.05) is 54.5 Å². The summed E-state index contributed by atoms with van der Waals surface area (Å²) in [6, 6.07) is 12.0. The lowest BCUT2D eigenvalue weighted by Gasteiger charge is -2.48. The van der Waals surface area contributed by atoms with Crippen molar-refractivity contribution in [3.8, 4) is 0 Å². The van der Waals surface area contributed by atoms with Gasteiger partial charge in [-0.3, -0.25) is 14.0 Å². The van der Waals surface area contributed by atoms with Gasteiger partial charge in [-0.1, -0.05) is 36.8 Å². The minimum absolute atomic E-state index is 0.462. The van der Waals surface area contributed by atoms with E-state index in [2.05, 4.69) is 40.1 Å². The van der Waals surface area contributed by atoms with Crippen LogP contribution < -0.4 is 0 Å². The van der Waals surface area contributed by atoms with Crippen LogP contribution in [-0.2, 0) is 10.8 Å². The van der Waals surface area contributed by atoms with Crippen LogP contribution in [0.5, 0.6) is 0 Å². The van der Waals surface area contributed by atoms with E-state index < -0.39 is 10.8 Å². The second-order valence-corrected chi connectivity index (χ2v) is 7.90. The van der Waals surface area contributed by atoms with Crippen LogP contribution in [0.15, 0.2) is 30.3 Å². The van der Waals surface area contributed by atoms with Gasteiger partial charge in [-0.05, 0) is 24.9 Å². The van der Waals surface area contributed by atoms with Crippen LogP contribution in [0.25, 0.3) is 0 Å². The number of piperazine rings is 1. The highest BCUT2D eigenvalue weighted by atomic mass is 32.2. The molecule has 116 valence electrons. The molecule has 2 aliphatic rings. The van der Waals surface area contributed by atoms with Gasteiger partial charge in [-0.2, -0.15) is 0 Å². The van der Waals surface area contributed by atoms with E-state index in [-0.39, 0.29) is 0 Å². The molecule has 1 aromatic carbocycles. The fourth-order valence-corrected chi connectivity index (χ4v) is 4.22. The van der Waals surface area contributed by atoms with Crippen LogP contribution in [0, 0.1) is 0 Å². The van der Waals surface area contributed by atoms with Gasteiger partial charge in [0.15, 0.2) is 0 Å². The van der Waals surface area contributed by atoms with E-state index in [0.717, 1.165) is 25.4 Å². The van der Waals surface area contributed by atoms with Crippen molar-refractivity contribution in [1.29, 1.82) is 0 Å². The largest absolute Gasteiger partial charge is 0.297 e. The van der Waals surface area contributed by atoms with Crippen molar-refractivity contribution in [3.63, 3.8) is 0 Å². The molecule has 0 N–H and O–H groups in total. The van der Waals surface area contributed by atoms with Gasteiger partial charge in [0.05, 0.1) is 0 Å². The molecule has 0 bridgehead atoms. The summed E-state index contributed by atoms with van der Waals surface area (Å²) >= 11 is 0. The third-order valence-electron chi connectivity index (χ3n) is 4.89. The average Bonchev–Trinajstić information content (AvgIpc) is 2.53. The number of rotatable bonds is 4. The molecule has 1 aromatic rings.